The normalized spacial score (nSPS) is 20.0. The van der Waals surface area contributed by atoms with Crippen LogP contribution < -0.4 is 0 Å². The van der Waals surface area contributed by atoms with Gasteiger partial charge in [-0.2, -0.15) is 0 Å². The van der Waals surface area contributed by atoms with E-state index in [1.54, 1.807) is 0 Å². The molecule has 1 atom stereocenters. The van der Waals surface area contributed by atoms with E-state index >= 15 is 0 Å². The van der Waals surface area contributed by atoms with E-state index in [1.165, 1.54) is 12.7 Å². The second kappa shape index (κ2) is 8.11. The van der Waals surface area contributed by atoms with Gasteiger partial charge in [-0.1, -0.05) is 36.2 Å². The molecule has 1 aromatic carbocycles. The molecule has 120 valence electrons. The fraction of sp³-hybridized carbons (Fsp3) is 0.500. The molecule has 0 amide bonds. The number of hydrogen-bond acceptors (Lipinski definition) is 4. The van der Waals surface area contributed by atoms with Crippen LogP contribution in [0.3, 0.4) is 0 Å². The van der Waals surface area contributed by atoms with Crippen molar-refractivity contribution in [3.8, 4) is 0 Å². The summed E-state index contributed by atoms with van der Waals surface area (Å²) in [6, 6.07) is 8.19. The Morgan fingerprint density at radius 1 is 1.36 bits per heavy atom. The molecule has 1 aromatic rings. The highest BCUT2D eigenvalue weighted by molar-refractivity contribution is 5.94. The third-order valence-corrected chi connectivity index (χ3v) is 4.20. The Morgan fingerprint density at radius 3 is 2.73 bits per heavy atom. The minimum Gasteiger partial charge on any atom is -0.466 e. The maximum absolute atomic E-state index is 12.1. The molecule has 4 nitrogen and oxygen atoms in total. The summed E-state index contributed by atoms with van der Waals surface area (Å²) in [6.07, 6.45) is 5.11. The van der Waals surface area contributed by atoms with Crippen molar-refractivity contribution in [1.82, 2.24) is 4.90 Å². The number of benzene rings is 1. The first-order valence-electron chi connectivity index (χ1n) is 7.84. The quantitative estimate of drug-likeness (QED) is 0.670. The molecular weight excluding hydrogens is 278 g/mol. The van der Waals surface area contributed by atoms with Crippen LogP contribution in [-0.2, 0) is 9.53 Å². The van der Waals surface area contributed by atoms with E-state index in [4.69, 9.17) is 4.74 Å². The topological polar surface area (TPSA) is 49.8 Å². The van der Waals surface area contributed by atoms with Crippen molar-refractivity contribution >= 4 is 12.0 Å². The van der Waals surface area contributed by atoms with Gasteiger partial charge in [0.2, 0.25) is 0 Å². The number of likely N-dealkylation sites (tertiary alicyclic amines) is 1. The summed E-state index contributed by atoms with van der Waals surface area (Å²) in [7, 11) is 1.41. The summed E-state index contributed by atoms with van der Waals surface area (Å²) in [5.74, 6) is -0.303. The number of ether oxygens (including phenoxy) is 1. The van der Waals surface area contributed by atoms with Gasteiger partial charge in [0, 0.05) is 12.6 Å². The van der Waals surface area contributed by atoms with E-state index in [2.05, 4.69) is 4.90 Å². The molecule has 1 unspecified atom stereocenters. The second-order valence-corrected chi connectivity index (χ2v) is 5.87. The minimum atomic E-state index is -0.303. The first-order valence-corrected chi connectivity index (χ1v) is 7.84. The fourth-order valence-corrected chi connectivity index (χ4v) is 2.86. The second-order valence-electron chi connectivity index (χ2n) is 5.87. The molecule has 0 aromatic heterocycles. The monoisotopic (exact) mass is 303 g/mol. The van der Waals surface area contributed by atoms with Crippen molar-refractivity contribution in [1.29, 1.82) is 0 Å². The zero-order valence-electron chi connectivity index (χ0n) is 13.4. The van der Waals surface area contributed by atoms with Gasteiger partial charge < -0.3 is 9.84 Å². The number of methoxy groups -OCH3 is 1. The summed E-state index contributed by atoms with van der Waals surface area (Å²) in [6.45, 7) is 3.60. The van der Waals surface area contributed by atoms with Gasteiger partial charge in [-0.3, -0.25) is 4.90 Å². The van der Waals surface area contributed by atoms with Crippen molar-refractivity contribution in [2.24, 2.45) is 0 Å². The highest BCUT2D eigenvalue weighted by atomic mass is 16.5. The van der Waals surface area contributed by atoms with E-state index in [9.17, 15) is 9.90 Å². The Balaban J connectivity index is 2.18. The standard InChI is InChI=1S/C18H25NO3/c1-14-6-8-15(9-7-14)11-16(18(21)22-2)12-19-10-4-3-5-17(19)13-20/h6-9,11,17,20H,3-5,10,12-13H2,1-2H3/b16-11-. The minimum absolute atomic E-state index is 0.138. The number of carbonyl (C=O) groups excluding carboxylic acids is 1. The number of carbonyl (C=O) groups is 1. The lowest BCUT2D eigenvalue weighted by molar-refractivity contribution is -0.136. The van der Waals surface area contributed by atoms with Crippen LogP contribution in [0, 0.1) is 6.92 Å². The summed E-state index contributed by atoms with van der Waals surface area (Å²) in [4.78, 5) is 14.3. The highest BCUT2D eigenvalue weighted by Gasteiger charge is 2.24. The summed E-state index contributed by atoms with van der Waals surface area (Å²) in [5.41, 5.74) is 2.81. The van der Waals surface area contributed by atoms with E-state index in [1.807, 2.05) is 37.3 Å². The van der Waals surface area contributed by atoms with Crippen LogP contribution in [-0.4, -0.2) is 48.8 Å². The largest absolute Gasteiger partial charge is 0.466 e. The van der Waals surface area contributed by atoms with Crippen molar-refractivity contribution in [2.75, 3.05) is 26.8 Å². The van der Waals surface area contributed by atoms with E-state index < -0.39 is 0 Å². The third-order valence-electron chi connectivity index (χ3n) is 4.20. The van der Waals surface area contributed by atoms with E-state index in [0.29, 0.717) is 12.1 Å². The van der Waals surface area contributed by atoms with Crippen molar-refractivity contribution in [2.45, 2.75) is 32.2 Å². The number of rotatable bonds is 5. The lowest BCUT2D eigenvalue weighted by Crippen LogP contribution is -2.43. The zero-order chi connectivity index (χ0) is 15.9. The lowest BCUT2D eigenvalue weighted by atomic mass is 10.0. The maximum Gasteiger partial charge on any atom is 0.335 e. The van der Waals surface area contributed by atoms with Crippen LogP contribution >= 0.6 is 0 Å². The molecule has 0 bridgehead atoms. The molecule has 0 spiro atoms. The van der Waals surface area contributed by atoms with E-state index in [0.717, 1.165) is 31.4 Å². The number of piperidine rings is 1. The SMILES string of the molecule is COC(=O)/C(=C\c1ccc(C)cc1)CN1CCCCC1CO. The van der Waals surface area contributed by atoms with Crippen molar-refractivity contribution in [3.05, 3.63) is 41.0 Å². The molecule has 1 heterocycles. The number of aryl methyl sites for hydroxylation is 1. The van der Waals surface area contributed by atoms with Crippen LogP contribution in [0.15, 0.2) is 29.8 Å². The van der Waals surface area contributed by atoms with Gasteiger partial charge in [0.15, 0.2) is 0 Å². The molecular formula is C18H25NO3. The lowest BCUT2D eigenvalue weighted by Gasteiger charge is -2.34. The summed E-state index contributed by atoms with van der Waals surface area (Å²) >= 11 is 0. The predicted molar refractivity (Wildman–Crippen MR) is 87.5 cm³/mol. The molecule has 22 heavy (non-hydrogen) atoms. The van der Waals surface area contributed by atoms with Gasteiger partial charge in [-0.15, -0.1) is 0 Å². The Kier molecular flexibility index (Phi) is 6.16. The van der Waals surface area contributed by atoms with Crippen LogP contribution in [0.25, 0.3) is 6.08 Å². The molecule has 1 aliphatic heterocycles. The number of nitrogens with zero attached hydrogens (tertiary/aromatic N) is 1. The molecule has 0 saturated carbocycles. The van der Waals surface area contributed by atoms with Gasteiger partial charge in [0.25, 0.3) is 0 Å². The Morgan fingerprint density at radius 2 is 2.09 bits per heavy atom. The molecule has 0 radical (unpaired) electrons. The molecule has 4 heteroatoms. The van der Waals surface area contributed by atoms with Gasteiger partial charge in [0.05, 0.1) is 19.3 Å². The third kappa shape index (κ3) is 4.42. The van der Waals surface area contributed by atoms with Crippen molar-refractivity contribution in [3.63, 3.8) is 0 Å². The average molecular weight is 303 g/mol. The molecule has 1 saturated heterocycles. The highest BCUT2D eigenvalue weighted by Crippen LogP contribution is 2.19. The zero-order valence-corrected chi connectivity index (χ0v) is 13.4. The van der Waals surface area contributed by atoms with Crippen LogP contribution in [0.1, 0.15) is 30.4 Å². The number of hydrogen-bond donors (Lipinski definition) is 1. The van der Waals surface area contributed by atoms with Gasteiger partial charge in [-0.05, 0) is 37.9 Å². The molecule has 0 aliphatic carbocycles. The van der Waals surface area contributed by atoms with Gasteiger partial charge in [-0.25, -0.2) is 4.79 Å². The smallest absolute Gasteiger partial charge is 0.335 e. The molecule has 1 fully saturated rings. The fourth-order valence-electron chi connectivity index (χ4n) is 2.86. The first-order chi connectivity index (χ1) is 10.6. The van der Waals surface area contributed by atoms with Gasteiger partial charge >= 0.3 is 5.97 Å². The molecule has 1 aliphatic rings. The van der Waals surface area contributed by atoms with Crippen molar-refractivity contribution < 1.29 is 14.6 Å². The Labute approximate surface area is 132 Å². The van der Waals surface area contributed by atoms with Crippen LogP contribution in [0.5, 0.6) is 0 Å². The van der Waals surface area contributed by atoms with E-state index in [-0.39, 0.29) is 18.6 Å². The molecule has 2 rings (SSSR count). The number of aliphatic hydroxyl groups excluding tert-OH is 1. The number of esters is 1. The first kappa shape index (κ1) is 16.7. The van der Waals surface area contributed by atoms with Crippen LogP contribution in [0.4, 0.5) is 0 Å². The Bertz CT molecular complexity index is 522. The maximum atomic E-state index is 12.1. The summed E-state index contributed by atoms with van der Waals surface area (Å²) < 4.78 is 4.92. The predicted octanol–water partition coefficient (Wildman–Crippen LogP) is 2.40. The van der Waals surface area contributed by atoms with Crippen LogP contribution in [0.2, 0.25) is 0 Å². The Hall–Kier alpha value is -1.65. The number of aliphatic hydroxyl groups is 1. The molecule has 1 N–H and O–H groups in total. The van der Waals surface area contributed by atoms with Gasteiger partial charge in [0.1, 0.15) is 0 Å². The summed E-state index contributed by atoms with van der Waals surface area (Å²) in [5, 5.41) is 9.51. The average Bonchev–Trinajstić information content (AvgIpc) is 2.56.